The zero-order chi connectivity index (χ0) is 18.6. The average molecular weight is 391 g/mol. The first-order valence-electron chi connectivity index (χ1n) is 7.05. The van der Waals surface area contributed by atoms with E-state index in [4.69, 9.17) is 16.3 Å². The van der Waals surface area contributed by atoms with Crippen LogP contribution in [0.3, 0.4) is 0 Å². The number of aromatic nitrogens is 1. The van der Waals surface area contributed by atoms with Gasteiger partial charge in [-0.25, -0.2) is 4.98 Å². The molecule has 9 heteroatoms. The number of nitrogens with one attached hydrogen (secondary N) is 1. The molecule has 1 amide bonds. The Balaban J connectivity index is 1.99. The van der Waals surface area contributed by atoms with Crippen molar-refractivity contribution >= 4 is 35.0 Å². The lowest BCUT2D eigenvalue weighted by Gasteiger charge is -2.13. The van der Waals surface area contributed by atoms with Gasteiger partial charge in [-0.2, -0.15) is 13.2 Å². The number of methoxy groups -OCH3 is 1. The number of anilines is 1. The van der Waals surface area contributed by atoms with E-state index in [1.807, 2.05) is 0 Å². The van der Waals surface area contributed by atoms with Gasteiger partial charge in [-0.05, 0) is 37.3 Å². The summed E-state index contributed by atoms with van der Waals surface area (Å²) >= 11 is 7.04. The Bertz CT molecular complexity index is 754. The molecule has 0 aliphatic rings. The molecular weight excluding hydrogens is 377 g/mol. The van der Waals surface area contributed by atoms with Crippen LogP contribution >= 0.6 is 23.4 Å². The number of thioether (sulfide) groups is 1. The van der Waals surface area contributed by atoms with Crippen molar-refractivity contribution < 1.29 is 22.7 Å². The number of alkyl halides is 3. The van der Waals surface area contributed by atoms with Crippen molar-refractivity contribution in [1.29, 1.82) is 0 Å². The number of ether oxygens (including phenoxy) is 1. The lowest BCUT2D eigenvalue weighted by atomic mass is 10.3. The fourth-order valence-electron chi connectivity index (χ4n) is 1.84. The summed E-state index contributed by atoms with van der Waals surface area (Å²) in [6.07, 6.45) is -3.69. The van der Waals surface area contributed by atoms with Gasteiger partial charge in [-0.1, -0.05) is 23.4 Å². The largest absolute Gasteiger partial charge is 0.495 e. The highest BCUT2D eigenvalue weighted by molar-refractivity contribution is 8.00. The van der Waals surface area contributed by atoms with Crippen molar-refractivity contribution in [3.63, 3.8) is 0 Å². The van der Waals surface area contributed by atoms with Crippen LogP contribution in [0.5, 0.6) is 5.75 Å². The van der Waals surface area contributed by atoms with Gasteiger partial charge in [-0.15, -0.1) is 0 Å². The number of carbonyl (C=O) groups excluding carboxylic acids is 1. The number of nitrogens with zero attached hydrogens (tertiary/aromatic N) is 1. The van der Waals surface area contributed by atoms with E-state index >= 15 is 0 Å². The lowest BCUT2D eigenvalue weighted by molar-refractivity contribution is -0.137. The molecular formula is C16H14ClF3N2O2S. The first kappa shape index (κ1) is 19.4. The number of hydrogen-bond acceptors (Lipinski definition) is 4. The Labute approximate surface area is 151 Å². The molecule has 1 atom stereocenters. The molecule has 0 fully saturated rings. The summed E-state index contributed by atoms with van der Waals surface area (Å²) in [5.41, 5.74) is -0.342. The van der Waals surface area contributed by atoms with Crippen LogP contribution in [0, 0.1) is 0 Å². The van der Waals surface area contributed by atoms with Crippen LogP contribution in [0.15, 0.2) is 41.6 Å². The molecule has 0 aliphatic carbocycles. The molecule has 0 saturated heterocycles. The summed E-state index contributed by atoms with van der Waals surface area (Å²) in [4.78, 5) is 15.9. The quantitative estimate of drug-likeness (QED) is 0.739. The van der Waals surface area contributed by atoms with Crippen LogP contribution in [-0.2, 0) is 11.0 Å². The van der Waals surface area contributed by atoms with Gasteiger partial charge in [0.25, 0.3) is 0 Å². The number of halogens is 4. The van der Waals surface area contributed by atoms with E-state index < -0.39 is 17.0 Å². The maximum atomic E-state index is 12.5. The predicted octanol–water partition coefficient (Wildman–Crippen LogP) is 4.88. The Hall–Kier alpha value is -1.93. The molecule has 1 aromatic carbocycles. The second kappa shape index (κ2) is 7.97. The smallest absolute Gasteiger partial charge is 0.417 e. The monoisotopic (exact) mass is 390 g/mol. The molecule has 1 N–H and O–H groups in total. The van der Waals surface area contributed by atoms with Gasteiger partial charge < -0.3 is 10.1 Å². The Morgan fingerprint density at radius 1 is 1.32 bits per heavy atom. The van der Waals surface area contributed by atoms with E-state index in [9.17, 15) is 18.0 Å². The normalized spacial score (nSPS) is 12.6. The summed E-state index contributed by atoms with van der Waals surface area (Å²) in [7, 11) is 1.48. The fourth-order valence-corrected chi connectivity index (χ4v) is 2.89. The molecule has 0 aliphatic heterocycles. The number of hydrogen-bond donors (Lipinski definition) is 1. The van der Waals surface area contributed by atoms with Gasteiger partial charge in [0.15, 0.2) is 0 Å². The van der Waals surface area contributed by atoms with Gasteiger partial charge in [0.2, 0.25) is 5.91 Å². The van der Waals surface area contributed by atoms with Crippen LogP contribution in [0.1, 0.15) is 12.5 Å². The Kier molecular flexibility index (Phi) is 6.18. The van der Waals surface area contributed by atoms with E-state index in [0.717, 1.165) is 24.0 Å². The van der Waals surface area contributed by atoms with Crippen molar-refractivity contribution in [2.75, 3.05) is 12.4 Å². The molecule has 2 aromatic rings. The molecule has 0 radical (unpaired) electrons. The summed E-state index contributed by atoms with van der Waals surface area (Å²) in [5, 5.41) is 2.79. The second-order valence-corrected chi connectivity index (χ2v) is 6.75. The van der Waals surface area contributed by atoms with Gasteiger partial charge in [0, 0.05) is 11.9 Å². The molecule has 134 valence electrons. The summed E-state index contributed by atoms with van der Waals surface area (Å²) in [6, 6.07) is 6.97. The predicted molar refractivity (Wildman–Crippen MR) is 91.2 cm³/mol. The first-order valence-corrected chi connectivity index (χ1v) is 8.31. The van der Waals surface area contributed by atoms with Crippen molar-refractivity contribution in [1.82, 2.24) is 4.98 Å². The summed E-state index contributed by atoms with van der Waals surface area (Å²) in [6.45, 7) is 1.63. The van der Waals surface area contributed by atoms with Crippen molar-refractivity contribution in [3.05, 3.63) is 47.1 Å². The zero-order valence-electron chi connectivity index (χ0n) is 13.2. The van der Waals surface area contributed by atoms with E-state index in [1.54, 1.807) is 25.1 Å². The highest BCUT2D eigenvalue weighted by Gasteiger charge is 2.30. The number of rotatable bonds is 5. The summed E-state index contributed by atoms with van der Waals surface area (Å²) < 4.78 is 42.6. The first-order chi connectivity index (χ1) is 11.7. The van der Waals surface area contributed by atoms with Crippen LogP contribution in [0.25, 0.3) is 0 Å². The van der Waals surface area contributed by atoms with Gasteiger partial charge >= 0.3 is 6.18 Å². The van der Waals surface area contributed by atoms with Gasteiger partial charge in [0.1, 0.15) is 5.75 Å². The molecule has 4 nitrogen and oxygen atoms in total. The standard InChI is InChI=1S/C16H14ClF3N2O2S/c1-9(25-14-6-3-10(8-21-14)16(18,19)20)15(23)22-11-4-5-13(24-2)12(17)7-11/h3-9H,1-2H3,(H,22,23). The molecule has 0 bridgehead atoms. The number of pyridine rings is 1. The van der Waals surface area contributed by atoms with Crippen molar-refractivity contribution in [3.8, 4) is 5.75 Å². The molecule has 0 saturated carbocycles. The van der Waals surface area contributed by atoms with Crippen LogP contribution in [0.2, 0.25) is 5.02 Å². The number of benzene rings is 1. The minimum Gasteiger partial charge on any atom is -0.495 e. The Morgan fingerprint density at radius 3 is 2.56 bits per heavy atom. The molecule has 1 unspecified atom stereocenters. The molecule has 0 spiro atoms. The SMILES string of the molecule is COc1ccc(NC(=O)C(C)Sc2ccc(C(F)(F)F)cn2)cc1Cl. The van der Waals surface area contributed by atoms with Crippen LogP contribution < -0.4 is 10.1 Å². The molecule has 1 aromatic heterocycles. The average Bonchev–Trinajstić information content (AvgIpc) is 2.54. The second-order valence-electron chi connectivity index (χ2n) is 4.98. The third-order valence-electron chi connectivity index (χ3n) is 3.15. The third kappa shape index (κ3) is 5.27. The fraction of sp³-hybridized carbons (Fsp3) is 0.250. The van der Waals surface area contributed by atoms with Gasteiger partial charge in [-0.3, -0.25) is 4.79 Å². The van der Waals surface area contributed by atoms with E-state index in [-0.39, 0.29) is 5.91 Å². The minimum atomic E-state index is -4.44. The zero-order valence-corrected chi connectivity index (χ0v) is 14.8. The van der Waals surface area contributed by atoms with Crippen molar-refractivity contribution in [2.24, 2.45) is 0 Å². The minimum absolute atomic E-state index is 0.323. The highest BCUT2D eigenvalue weighted by Crippen LogP contribution is 2.31. The Morgan fingerprint density at radius 2 is 2.04 bits per heavy atom. The maximum Gasteiger partial charge on any atom is 0.417 e. The van der Waals surface area contributed by atoms with E-state index in [1.165, 1.54) is 13.2 Å². The summed E-state index contributed by atoms with van der Waals surface area (Å²) in [5.74, 6) is 0.156. The van der Waals surface area contributed by atoms with Crippen molar-refractivity contribution in [2.45, 2.75) is 23.4 Å². The molecule has 2 rings (SSSR count). The highest BCUT2D eigenvalue weighted by atomic mass is 35.5. The van der Waals surface area contributed by atoms with Gasteiger partial charge in [0.05, 0.1) is 28.0 Å². The lowest BCUT2D eigenvalue weighted by Crippen LogP contribution is -2.22. The third-order valence-corrected chi connectivity index (χ3v) is 4.50. The molecule has 1 heterocycles. The van der Waals surface area contributed by atoms with Crippen LogP contribution in [-0.4, -0.2) is 23.3 Å². The number of amides is 1. The van der Waals surface area contributed by atoms with E-state index in [0.29, 0.717) is 21.5 Å². The topological polar surface area (TPSA) is 51.2 Å². The molecule has 25 heavy (non-hydrogen) atoms. The number of carbonyl (C=O) groups is 1. The van der Waals surface area contributed by atoms with Crippen LogP contribution in [0.4, 0.5) is 18.9 Å². The maximum absolute atomic E-state index is 12.5. The van der Waals surface area contributed by atoms with E-state index in [2.05, 4.69) is 10.3 Å².